The molecule has 3 heteroatoms. The van der Waals surface area contributed by atoms with E-state index in [1.165, 1.54) is 70.1 Å². The number of hydrogen-bond acceptors (Lipinski definition) is 3. The van der Waals surface area contributed by atoms with Gasteiger partial charge < -0.3 is 9.32 Å². The summed E-state index contributed by atoms with van der Waals surface area (Å²) in [6.45, 7) is 4.69. The fourth-order valence-electron chi connectivity index (χ4n) is 9.65. The first-order valence-electron chi connectivity index (χ1n) is 20.0. The smallest absolute Gasteiger partial charge is 0.143 e. The van der Waals surface area contributed by atoms with E-state index in [2.05, 4.69) is 207 Å². The van der Waals surface area contributed by atoms with Crippen molar-refractivity contribution < 1.29 is 4.42 Å². The van der Waals surface area contributed by atoms with Gasteiger partial charge in [0.05, 0.1) is 0 Å². The minimum absolute atomic E-state index is 0.1000. The van der Waals surface area contributed by atoms with Gasteiger partial charge in [-0.15, -0.1) is 11.3 Å². The average molecular weight is 760 g/mol. The summed E-state index contributed by atoms with van der Waals surface area (Å²) in [4.78, 5) is 2.36. The predicted octanol–water partition coefficient (Wildman–Crippen LogP) is 16.2. The topological polar surface area (TPSA) is 16.4 Å². The maximum Gasteiger partial charge on any atom is 0.143 e. The number of rotatable bonds is 5. The first kappa shape index (κ1) is 33.2. The maximum atomic E-state index is 6.91. The van der Waals surface area contributed by atoms with Gasteiger partial charge >= 0.3 is 0 Å². The summed E-state index contributed by atoms with van der Waals surface area (Å²) >= 11 is 1.88. The van der Waals surface area contributed by atoms with Crippen LogP contribution in [0.4, 0.5) is 17.1 Å². The van der Waals surface area contributed by atoms with Crippen molar-refractivity contribution in [2.45, 2.75) is 19.3 Å². The lowest BCUT2D eigenvalue weighted by molar-refractivity contribution is 0.660. The Labute approximate surface area is 340 Å². The molecule has 2 nitrogen and oxygen atoms in total. The molecule has 58 heavy (non-hydrogen) atoms. The Morgan fingerprint density at radius 2 is 1.07 bits per heavy atom. The first-order chi connectivity index (χ1) is 28.5. The molecule has 0 bridgehead atoms. The van der Waals surface area contributed by atoms with Crippen molar-refractivity contribution in [1.29, 1.82) is 0 Å². The summed E-state index contributed by atoms with van der Waals surface area (Å²) in [5.41, 5.74) is 15.2. The number of nitrogens with zero attached hydrogens (tertiary/aromatic N) is 1. The van der Waals surface area contributed by atoms with E-state index in [4.69, 9.17) is 4.42 Å². The van der Waals surface area contributed by atoms with Crippen LogP contribution < -0.4 is 4.90 Å². The normalized spacial score (nSPS) is 13.1. The molecule has 0 atom stereocenters. The first-order valence-corrected chi connectivity index (χ1v) is 20.8. The van der Waals surface area contributed by atoms with Gasteiger partial charge in [-0.05, 0) is 104 Å². The molecular weight excluding hydrogens is 723 g/mol. The van der Waals surface area contributed by atoms with Crippen molar-refractivity contribution in [1.82, 2.24) is 0 Å². The minimum atomic E-state index is -0.1000. The van der Waals surface area contributed by atoms with Crippen LogP contribution >= 0.6 is 11.3 Å². The fourth-order valence-corrected chi connectivity index (χ4v) is 10.9. The Bertz CT molecular complexity index is 3440. The van der Waals surface area contributed by atoms with E-state index >= 15 is 0 Å². The highest BCUT2D eigenvalue weighted by atomic mass is 32.1. The molecule has 0 N–H and O–H groups in total. The summed E-state index contributed by atoms with van der Waals surface area (Å²) in [5, 5.41) is 7.16. The van der Waals surface area contributed by atoms with Crippen LogP contribution in [-0.4, -0.2) is 0 Å². The van der Waals surface area contributed by atoms with E-state index in [1.807, 2.05) is 11.3 Å². The second kappa shape index (κ2) is 12.5. The van der Waals surface area contributed by atoms with Gasteiger partial charge in [0.2, 0.25) is 0 Å². The molecule has 1 aliphatic carbocycles. The highest BCUT2D eigenvalue weighted by Crippen LogP contribution is 2.51. The highest BCUT2D eigenvalue weighted by molar-refractivity contribution is 7.26. The van der Waals surface area contributed by atoms with Crippen LogP contribution in [0.15, 0.2) is 192 Å². The van der Waals surface area contributed by atoms with Crippen molar-refractivity contribution in [2.75, 3.05) is 4.90 Å². The predicted molar refractivity (Wildman–Crippen MR) is 247 cm³/mol. The Hall–Kier alpha value is -6.94. The number of anilines is 3. The summed E-state index contributed by atoms with van der Waals surface area (Å²) in [6, 6.07) is 68.7. The van der Waals surface area contributed by atoms with E-state index in [-0.39, 0.29) is 5.41 Å². The van der Waals surface area contributed by atoms with Crippen molar-refractivity contribution >= 4 is 81.3 Å². The molecule has 0 saturated carbocycles. The molecule has 0 saturated heterocycles. The summed E-state index contributed by atoms with van der Waals surface area (Å²) in [6.07, 6.45) is 0. The molecule has 274 valence electrons. The van der Waals surface area contributed by atoms with Crippen LogP contribution in [0.25, 0.3) is 86.3 Å². The van der Waals surface area contributed by atoms with Crippen molar-refractivity contribution in [2.24, 2.45) is 0 Å². The lowest BCUT2D eigenvalue weighted by Gasteiger charge is -2.28. The third-order valence-electron chi connectivity index (χ3n) is 12.4. The number of fused-ring (bicyclic) bond motifs is 11. The molecule has 0 spiro atoms. The summed E-state index contributed by atoms with van der Waals surface area (Å²) < 4.78 is 9.56. The average Bonchev–Trinajstić information content (AvgIpc) is 3.91. The molecule has 0 fully saturated rings. The lowest BCUT2D eigenvalue weighted by atomic mass is 9.82. The molecule has 0 aliphatic heterocycles. The Balaban J connectivity index is 1.01. The van der Waals surface area contributed by atoms with Gasteiger partial charge in [0.25, 0.3) is 0 Å². The molecule has 2 heterocycles. The van der Waals surface area contributed by atoms with Crippen LogP contribution in [0.1, 0.15) is 25.0 Å². The molecule has 0 amide bonds. The van der Waals surface area contributed by atoms with E-state index in [9.17, 15) is 0 Å². The number of thiophene rings is 1. The quantitative estimate of drug-likeness (QED) is 0.174. The van der Waals surface area contributed by atoms with Gasteiger partial charge in [-0.25, -0.2) is 0 Å². The zero-order valence-corrected chi connectivity index (χ0v) is 33.0. The van der Waals surface area contributed by atoms with E-state index < -0.39 is 0 Å². The molecule has 12 rings (SSSR count). The van der Waals surface area contributed by atoms with Crippen LogP contribution in [0.3, 0.4) is 0 Å². The summed E-state index contributed by atoms with van der Waals surface area (Å²) in [5.74, 6) is 0. The number of furan rings is 1. The Morgan fingerprint density at radius 3 is 1.95 bits per heavy atom. The van der Waals surface area contributed by atoms with Gasteiger partial charge in [-0.1, -0.05) is 141 Å². The van der Waals surface area contributed by atoms with Gasteiger partial charge in [-0.2, -0.15) is 0 Å². The van der Waals surface area contributed by atoms with Gasteiger partial charge in [0.15, 0.2) is 0 Å². The minimum Gasteiger partial charge on any atom is -0.455 e. The van der Waals surface area contributed by atoms with E-state index in [1.54, 1.807) is 0 Å². The number of benzene rings is 9. The van der Waals surface area contributed by atoms with Gasteiger partial charge in [-0.3, -0.25) is 0 Å². The molecule has 9 aromatic carbocycles. The zero-order valence-electron chi connectivity index (χ0n) is 32.2. The van der Waals surface area contributed by atoms with Crippen molar-refractivity contribution in [3.05, 3.63) is 199 Å². The van der Waals surface area contributed by atoms with E-state index in [0.717, 1.165) is 44.4 Å². The Morgan fingerprint density at radius 1 is 0.414 bits per heavy atom. The monoisotopic (exact) mass is 759 g/mol. The highest BCUT2D eigenvalue weighted by Gasteiger charge is 2.35. The fraction of sp³-hybridized carbons (Fsp3) is 0.0545. The second-order valence-electron chi connectivity index (χ2n) is 16.1. The van der Waals surface area contributed by atoms with Crippen molar-refractivity contribution in [3.63, 3.8) is 0 Å². The third-order valence-corrected chi connectivity index (χ3v) is 13.7. The Kier molecular flexibility index (Phi) is 7.18. The zero-order chi connectivity index (χ0) is 38.5. The van der Waals surface area contributed by atoms with Gasteiger partial charge in [0.1, 0.15) is 11.2 Å². The van der Waals surface area contributed by atoms with Gasteiger partial charge in [0, 0.05) is 64.9 Å². The number of hydrogen-bond donors (Lipinski definition) is 0. The maximum absolute atomic E-state index is 6.91. The largest absolute Gasteiger partial charge is 0.455 e. The van der Waals surface area contributed by atoms with Crippen LogP contribution in [0.5, 0.6) is 0 Å². The molecule has 0 unspecified atom stereocenters. The van der Waals surface area contributed by atoms with Crippen LogP contribution in [0, 0.1) is 0 Å². The lowest BCUT2D eigenvalue weighted by Crippen LogP contribution is -2.16. The van der Waals surface area contributed by atoms with Crippen LogP contribution in [-0.2, 0) is 5.41 Å². The SMILES string of the molecule is CC1(C)c2ccccc2-c2ccc(N(c3ccccc3)c3ccc4c(c3)oc3c5ccccc5c(-c5cccc(-c6cccc7c6sc6ccccc67)c5)cc43)cc21. The number of para-hydroxylation sites is 1. The van der Waals surface area contributed by atoms with E-state index in [0.29, 0.717) is 0 Å². The molecule has 2 aromatic heterocycles. The standard InChI is InChI=1S/C55H37NOS/c1-55(2)49-24-10-8-19-41(49)42-28-26-37(31-50(42)55)56(36-16-4-3-5-17-36)38-27-29-43-48-33-47(40-18-6-7-21-45(40)53(48)57-51(43)32-38)35-15-12-14-34(30-35)39-22-13-23-46-44-20-9-11-25-52(44)58-54(39)46/h3-33H,1-2H3. The van der Waals surface area contributed by atoms with Crippen LogP contribution in [0.2, 0.25) is 0 Å². The molecule has 11 aromatic rings. The molecule has 1 aliphatic rings. The van der Waals surface area contributed by atoms with Crippen molar-refractivity contribution in [3.8, 4) is 33.4 Å². The summed E-state index contributed by atoms with van der Waals surface area (Å²) in [7, 11) is 0. The molecular formula is C55H37NOS. The third kappa shape index (κ3) is 4.90. The second-order valence-corrected chi connectivity index (χ2v) is 17.1. The molecule has 0 radical (unpaired) electrons.